The number of nitrogens with one attached hydrogen (secondary N) is 1. The molecule has 29 heavy (non-hydrogen) atoms. The maximum atomic E-state index is 12.3. The Kier molecular flexibility index (Phi) is 6.61. The summed E-state index contributed by atoms with van der Waals surface area (Å²) in [5.41, 5.74) is 2.27. The second-order valence-electron chi connectivity index (χ2n) is 6.25. The molecule has 1 amide bonds. The number of methoxy groups -OCH3 is 1. The van der Waals surface area contributed by atoms with Crippen LogP contribution in [0.4, 0.5) is 10.8 Å². The number of aryl methyl sites for hydroxylation is 1. The molecule has 2 aromatic heterocycles. The van der Waals surface area contributed by atoms with Gasteiger partial charge in [-0.05, 0) is 24.6 Å². The van der Waals surface area contributed by atoms with Gasteiger partial charge in [0.2, 0.25) is 5.91 Å². The third kappa shape index (κ3) is 4.80. The summed E-state index contributed by atoms with van der Waals surface area (Å²) < 4.78 is 10.7. The quantitative estimate of drug-likeness (QED) is 0.562. The Morgan fingerprint density at radius 1 is 1.28 bits per heavy atom. The monoisotopic (exact) mass is 414 g/mol. The van der Waals surface area contributed by atoms with Crippen LogP contribution in [-0.2, 0) is 22.6 Å². The van der Waals surface area contributed by atoms with E-state index in [2.05, 4.69) is 15.2 Å². The van der Waals surface area contributed by atoms with Crippen LogP contribution in [0.3, 0.4) is 0 Å². The van der Waals surface area contributed by atoms with E-state index in [4.69, 9.17) is 9.47 Å². The van der Waals surface area contributed by atoms with Crippen LogP contribution in [0.5, 0.6) is 5.75 Å². The van der Waals surface area contributed by atoms with Crippen LogP contribution >= 0.6 is 11.3 Å². The SMILES string of the molecule is CCCc1cc(C(=O)OCc2csc(N(C(C)=O)c3ccccc3OC)n2)n[nH]1. The Hall–Kier alpha value is -3.20. The number of H-pyrrole nitrogens is 1. The number of aromatic amines is 1. The number of ether oxygens (including phenoxy) is 2. The summed E-state index contributed by atoms with van der Waals surface area (Å²) in [6, 6.07) is 8.90. The lowest BCUT2D eigenvalue weighted by atomic mass is 10.2. The normalized spacial score (nSPS) is 10.6. The number of rotatable bonds is 8. The van der Waals surface area contributed by atoms with Gasteiger partial charge in [0.25, 0.3) is 0 Å². The molecule has 1 N–H and O–H groups in total. The number of thiazole rings is 1. The van der Waals surface area contributed by atoms with Crippen molar-refractivity contribution in [3.8, 4) is 5.75 Å². The van der Waals surface area contributed by atoms with Gasteiger partial charge >= 0.3 is 5.97 Å². The highest BCUT2D eigenvalue weighted by Crippen LogP contribution is 2.35. The van der Waals surface area contributed by atoms with Gasteiger partial charge in [-0.2, -0.15) is 5.10 Å². The maximum Gasteiger partial charge on any atom is 0.359 e. The average Bonchev–Trinajstić information content (AvgIpc) is 3.37. The van der Waals surface area contributed by atoms with Gasteiger partial charge in [0, 0.05) is 18.0 Å². The van der Waals surface area contributed by atoms with Crippen molar-refractivity contribution in [3.63, 3.8) is 0 Å². The molecule has 0 saturated carbocycles. The van der Waals surface area contributed by atoms with Crippen molar-refractivity contribution < 1.29 is 19.1 Å². The van der Waals surface area contributed by atoms with E-state index in [0.717, 1.165) is 18.5 Å². The molecular weight excluding hydrogens is 392 g/mol. The smallest absolute Gasteiger partial charge is 0.359 e. The van der Waals surface area contributed by atoms with E-state index in [9.17, 15) is 9.59 Å². The van der Waals surface area contributed by atoms with E-state index in [1.807, 2.05) is 19.1 Å². The Morgan fingerprint density at radius 2 is 2.07 bits per heavy atom. The Labute approximate surface area is 172 Å². The van der Waals surface area contributed by atoms with Gasteiger partial charge in [-0.3, -0.25) is 14.8 Å². The number of amides is 1. The third-order valence-electron chi connectivity index (χ3n) is 4.08. The van der Waals surface area contributed by atoms with Gasteiger partial charge in [0.1, 0.15) is 12.4 Å². The highest BCUT2D eigenvalue weighted by atomic mass is 32.1. The summed E-state index contributed by atoms with van der Waals surface area (Å²) in [5, 5.41) is 9.03. The van der Waals surface area contributed by atoms with Crippen LogP contribution < -0.4 is 9.64 Å². The van der Waals surface area contributed by atoms with Crippen LogP contribution in [0, 0.1) is 0 Å². The molecule has 0 saturated heterocycles. The van der Waals surface area contributed by atoms with Gasteiger partial charge < -0.3 is 9.47 Å². The zero-order chi connectivity index (χ0) is 20.8. The summed E-state index contributed by atoms with van der Waals surface area (Å²) >= 11 is 1.28. The molecule has 0 bridgehead atoms. The number of carbonyl (C=O) groups is 2. The molecule has 3 aromatic rings. The second-order valence-corrected chi connectivity index (χ2v) is 7.09. The van der Waals surface area contributed by atoms with Crippen LogP contribution in [0.1, 0.15) is 42.1 Å². The molecule has 0 radical (unpaired) electrons. The number of hydrogen-bond donors (Lipinski definition) is 1. The number of para-hydroxylation sites is 2. The van der Waals surface area contributed by atoms with Gasteiger partial charge in [-0.15, -0.1) is 11.3 Å². The van der Waals surface area contributed by atoms with Gasteiger partial charge in [-0.25, -0.2) is 9.78 Å². The number of aromatic nitrogens is 3. The number of esters is 1. The predicted molar refractivity (Wildman–Crippen MR) is 110 cm³/mol. The highest BCUT2D eigenvalue weighted by molar-refractivity contribution is 7.14. The first kappa shape index (κ1) is 20.5. The lowest BCUT2D eigenvalue weighted by molar-refractivity contribution is -0.115. The third-order valence-corrected chi connectivity index (χ3v) is 4.96. The second kappa shape index (κ2) is 9.33. The highest BCUT2D eigenvalue weighted by Gasteiger charge is 2.21. The van der Waals surface area contributed by atoms with Crippen molar-refractivity contribution in [2.75, 3.05) is 12.0 Å². The topological polar surface area (TPSA) is 97.4 Å². The van der Waals surface area contributed by atoms with Crippen molar-refractivity contribution in [2.24, 2.45) is 0 Å². The number of carbonyl (C=O) groups excluding carboxylic acids is 2. The summed E-state index contributed by atoms with van der Waals surface area (Å²) in [7, 11) is 1.55. The minimum absolute atomic E-state index is 0.0109. The molecule has 0 unspecified atom stereocenters. The number of nitrogens with zero attached hydrogens (tertiary/aromatic N) is 3. The molecule has 1 aromatic carbocycles. The van der Waals surface area contributed by atoms with E-state index in [0.29, 0.717) is 22.3 Å². The van der Waals surface area contributed by atoms with Crippen molar-refractivity contribution >= 4 is 34.0 Å². The minimum atomic E-state index is -0.522. The largest absolute Gasteiger partial charge is 0.495 e. The minimum Gasteiger partial charge on any atom is -0.495 e. The molecule has 2 heterocycles. The van der Waals surface area contributed by atoms with Gasteiger partial charge in [-0.1, -0.05) is 25.5 Å². The molecular formula is C20H22N4O4S. The molecule has 8 nitrogen and oxygen atoms in total. The van der Waals surface area contributed by atoms with Crippen LogP contribution in [0.15, 0.2) is 35.7 Å². The molecule has 0 spiro atoms. The summed E-state index contributed by atoms with van der Waals surface area (Å²) in [5.74, 6) is -0.161. The molecule has 0 aliphatic heterocycles. The van der Waals surface area contributed by atoms with E-state index in [1.54, 1.807) is 30.7 Å². The van der Waals surface area contributed by atoms with Crippen LogP contribution in [-0.4, -0.2) is 34.2 Å². The fraction of sp³-hybridized carbons (Fsp3) is 0.300. The molecule has 0 fully saturated rings. The molecule has 3 rings (SSSR count). The maximum absolute atomic E-state index is 12.3. The number of benzene rings is 1. The Morgan fingerprint density at radius 3 is 2.79 bits per heavy atom. The van der Waals surface area contributed by atoms with E-state index in [-0.39, 0.29) is 18.2 Å². The zero-order valence-electron chi connectivity index (χ0n) is 16.5. The average molecular weight is 414 g/mol. The molecule has 0 atom stereocenters. The van der Waals surface area contributed by atoms with E-state index < -0.39 is 5.97 Å². The molecule has 0 aliphatic rings. The lowest BCUT2D eigenvalue weighted by Crippen LogP contribution is -2.23. The van der Waals surface area contributed by atoms with Gasteiger partial charge in [0.15, 0.2) is 10.8 Å². The molecule has 9 heteroatoms. The standard InChI is InChI=1S/C20H22N4O4S/c1-4-7-14-10-16(23-22-14)19(26)28-11-15-12-29-20(21-15)24(13(2)25)17-8-5-6-9-18(17)27-3/h5-6,8-10,12H,4,7,11H2,1-3H3,(H,22,23). The Bertz CT molecular complexity index is 998. The number of anilines is 2. The predicted octanol–water partition coefficient (Wildman–Crippen LogP) is 3.87. The van der Waals surface area contributed by atoms with Crippen LogP contribution in [0.2, 0.25) is 0 Å². The van der Waals surface area contributed by atoms with Crippen molar-refractivity contribution in [3.05, 3.63) is 52.8 Å². The molecule has 0 aliphatic carbocycles. The first-order valence-electron chi connectivity index (χ1n) is 9.13. The van der Waals surface area contributed by atoms with Crippen molar-refractivity contribution in [1.29, 1.82) is 0 Å². The van der Waals surface area contributed by atoms with E-state index >= 15 is 0 Å². The van der Waals surface area contributed by atoms with Crippen molar-refractivity contribution in [1.82, 2.24) is 15.2 Å². The van der Waals surface area contributed by atoms with E-state index in [1.165, 1.54) is 23.2 Å². The molecule has 152 valence electrons. The van der Waals surface area contributed by atoms with Crippen LogP contribution in [0.25, 0.3) is 0 Å². The van der Waals surface area contributed by atoms with Gasteiger partial charge in [0.05, 0.1) is 18.5 Å². The Balaban J connectivity index is 1.71. The number of hydrogen-bond acceptors (Lipinski definition) is 7. The fourth-order valence-corrected chi connectivity index (χ4v) is 3.63. The van der Waals surface area contributed by atoms with Crippen molar-refractivity contribution in [2.45, 2.75) is 33.3 Å². The first-order valence-corrected chi connectivity index (χ1v) is 10.0. The summed E-state index contributed by atoms with van der Waals surface area (Å²) in [6.07, 6.45) is 1.77. The zero-order valence-corrected chi connectivity index (χ0v) is 17.3. The lowest BCUT2D eigenvalue weighted by Gasteiger charge is -2.20. The summed E-state index contributed by atoms with van der Waals surface area (Å²) in [4.78, 5) is 30.4. The fourth-order valence-electron chi connectivity index (χ4n) is 2.76. The summed E-state index contributed by atoms with van der Waals surface area (Å²) in [6.45, 7) is 3.50. The first-order chi connectivity index (χ1) is 14.0.